The molecule has 0 aliphatic rings. The van der Waals surface area contributed by atoms with Gasteiger partial charge >= 0.3 is 0 Å². The first kappa shape index (κ1) is 19.8. The zero-order valence-corrected chi connectivity index (χ0v) is 18.2. The first-order valence-electron chi connectivity index (χ1n) is 8.46. The van der Waals surface area contributed by atoms with Crippen molar-refractivity contribution in [3.8, 4) is 11.3 Å². The maximum atomic E-state index is 4.89. The van der Waals surface area contributed by atoms with Crippen LogP contribution < -0.4 is 0 Å². The second kappa shape index (κ2) is 6.97. The molecule has 0 saturated carbocycles. The zero-order valence-electron chi connectivity index (χ0n) is 15.8. The fourth-order valence-electron chi connectivity index (χ4n) is 2.66. The minimum absolute atomic E-state index is 0. The molecule has 133 valence electrons. The van der Waals surface area contributed by atoms with Gasteiger partial charge in [-0.1, -0.05) is 59.7 Å². The predicted molar refractivity (Wildman–Crippen MR) is 101 cm³/mol. The van der Waals surface area contributed by atoms with Crippen LogP contribution in [0.5, 0.6) is 0 Å². The van der Waals surface area contributed by atoms with Crippen LogP contribution in [0.1, 0.15) is 52.9 Å². The van der Waals surface area contributed by atoms with Crippen molar-refractivity contribution in [2.75, 3.05) is 0 Å². The average Bonchev–Trinajstić information content (AvgIpc) is 2.52. The Morgan fingerprint density at radius 1 is 0.800 bits per heavy atom. The van der Waals surface area contributed by atoms with Gasteiger partial charge in [0.1, 0.15) is 5.82 Å². The third-order valence-corrected chi connectivity index (χ3v) is 4.21. The van der Waals surface area contributed by atoms with Crippen LogP contribution in [-0.2, 0) is 30.9 Å². The fourth-order valence-corrected chi connectivity index (χ4v) is 2.66. The summed E-state index contributed by atoms with van der Waals surface area (Å²) in [6, 6.07) is 18.0. The summed E-state index contributed by atoms with van der Waals surface area (Å²) in [4.78, 5) is 9.66. The minimum Gasteiger partial charge on any atom is -0.282 e. The number of para-hydroxylation sites is 1. The van der Waals surface area contributed by atoms with E-state index in [0.29, 0.717) is 0 Å². The summed E-state index contributed by atoms with van der Waals surface area (Å²) in [5.41, 5.74) is 4.28. The van der Waals surface area contributed by atoms with E-state index in [9.17, 15) is 0 Å². The topological polar surface area (TPSA) is 25.8 Å². The van der Waals surface area contributed by atoms with E-state index < -0.39 is 0 Å². The van der Waals surface area contributed by atoms with Crippen molar-refractivity contribution in [3.05, 3.63) is 59.9 Å². The molecule has 0 atom stereocenters. The van der Waals surface area contributed by atoms with Crippen LogP contribution in [0.2, 0.25) is 0 Å². The monoisotopic (exact) mass is 510 g/mol. The van der Waals surface area contributed by atoms with E-state index in [1.165, 1.54) is 5.56 Å². The second-order valence-corrected chi connectivity index (χ2v) is 8.40. The van der Waals surface area contributed by atoms with Crippen LogP contribution in [0.25, 0.3) is 22.2 Å². The van der Waals surface area contributed by atoms with Crippen molar-refractivity contribution in [3.63, 3.8) is 0 Å². The number of fused-ring (bicyclic) bond motifs is 1. The molecule has 1 radical (unpaired) electrons. The average molecular weight is 510 g/mol. The van der Waals surface area contributed by atoms with E-state index in [2.05, 4.69) is 77.9 Å². The summed E-state index contributed by atoms with van der Waals surface area (Å²) >= 11 is 0. The van der Waals surface area contributed by atoms with Gasteiger partial charge in [0.25, 0.3) is 0 Å². The Bertz CT molecular complexity index is 869. The Labute approximate surface area is 164 Å². The summed E-state index contributed by atoms with van der Waals surface area (Å²) in [6.07, 6.45) is 0. The summed E-state index contributed by atoms with van der Waals surface area (Å²) < 4.78 is 0. The first-order chi connectivity index (χ1) is 11.2. The maximum Gasteiger partial charge on any atom is 0.125 e. The molecule has 0 N–H and O–H groups in total. The smallest absolute Gasteiger partial charge is 0.125 e. The molecule has 0 bridgehead atoms. The Balaban J connectivity index is 0.00000225. The standard InChI is InChI=1S/C22H25N2.Ir/c1-21(2,3)16-13-11-15(12-14-16)19-17-9-7-8-10-18(17)23-20(24-19)22(4,5)6;/h7-11,13-14H,1-6H3;/q-1;. The van der Waals surface area contributed by atoms with Gasteiger partial charge in [0, 0.05) is 25.5 Å². The van der Waals surface area contributed by atoms with E-state index in [-0.39, 0.29) is 30.9 Å². The molecule has 0 aliphatic heterocycles. The van der Waals surface area contributed by atoms with Crippen LogP contribution in [-0.4, -0.2) is 9.97 Å². The van der Waals surface area contributed by atoms with E-state index >= 15 is 0 Å². The number of nitrogens with zero attached hydrogens (tertiary/aromatic N) is 2. The third kappa shape index (κ3) is 4.16. The molecule has 3 rings (SSSR count). The summed E-state index contributed by atoms with van der Waals surface area (Å²) in [5, 5.41) is 1.07. The van der Waals surface area contributed by atoms with Crippen LogP contribution >= 0.6 is 0 Å². The quantitative estimate of drug-likeness (QED) is 0.394. The molecule has 1 heterocycles. The first-order valence-corrected chi connectivity index (χ1v) is 8.46. The Hall–Kier alpha value is -1.57. The van der Waals surface area contributed by atoms with Gasteiger partial charge < -0.3 is 0 Å². The van der Waals surface area contributed by atoms with E-state index in [4.69, 9.17) is 9.97 Å². The Morgan fingerprint density at radius 2 is 1.48 bits per heavy atom. The summed E-state index contributed by atoms with van der Waals surface area (Å²) in [7, 11) is 0. The third-order valence-electron chi connectivity index (χ3n) is 4.21. The van der Waals surface area contributed by atoms with Crippen molar-refractivity contribution >= 4 is 10.9 Å². The fraction of sp³-hybridized carbons (Fsp3) is 0.364. The molecule has 0 fully saturated rings. The normalized spacial score (nSPS) is 12.1. The number of hydrogen-bond acceptors (Lipinski definition) is 2. The molecule has 25 heavy (non-hydrogen) atoms. The molecule has 3 aromatic rings. The molecule has 3 heteroatoms. The molecule has 0 saturated heterocycles. The molecule has 1 aromatic heterocycles. The molecular weight excluding hydrogens is 484 g/mol. The van der Waals surface area contributed by atoms with Crippen molar-refractivity contribution in [2.45, 2.75) is 52.4 Å². The zero-order chi connectivity index (χ0) is 17.5. The van der Waals surface area contributed by atoms with Crippen LogP contribution in [0, 0.1) is 6.07 Å². The Kier molecular flexibility index (Phi) is 5.51. The van der Waals surface area contributed by atoms with Gasteiger partial charge in [0.05, 0.1) is 5.52 Å². The summed E-state index contributed by atoms with van der Waals surface area (Å²) in [6.45, 7) is 13.1. The van der Waals surface area contributed by atoms with Gasteiger partial charge in [-0.25, -0.2) is 4.98 Å². The number of hydrogen-bond donors (Lipinski definition) is 0. The van der Waals surface area contributed by atoms with Gasteiger partial charge in [-0.05, 0) is 22.6 Å². The number of benzene rings is 2. The van der Waals surface area contributed by atoms with Crippen molar-refractivity contribution in [1.82, 2.24) is 9.97 Å². The van der Waals surface area contributed by atoms with Crippen LogP contribution in [0.3, 0.4) is 0 Å². The number of aromatic nitrogens is 2. The molecular formula is C22H25IrN2-. The van der Waals surface area contributed by atoms with Gasteiger partial charge in [0.15, 0.2) is 0 Å². The second-order valence-electron chi connectivity index (χ2n) is 8.40. The molecule has 0 spiro atoms. The molecule has 2 aromatic carbocycles. The molecule has 0 unspecified atom stereocenters. The maximum absolute atomic E-state index is 4.89. The van der Waals surface area contributed by atoms with Gasteiger partial charge in [-0.2, -0.15) is 0 Å². The van der Waals surface area contributed by atoms with Gasteiger partial charge in [-0.15, -0.1) is 35.4 Å². The minimum atomic E-state index is -0.0931. The summed E-state index contributed by atoms with van der Waals surface area (Å²) in [5.74, 6) is 0.865. The molecule has 0 amide bonds. The molecule has 2 nitrogen and oxygen atoms in total. The van der Waals surface area contributed by atoms with E-state index in [1.807, 2.05) is 12.1 Å². The van der Waals surface area contributed by atoms with E-state index in [0.717, 1.165) is 28.0 Å². The van der Waals surface area contributed by atoms with E-state index in [1.54, 1.807) is 0 Å². The predicted octanol–water partition coefficient (Wildman–Crippen LogP) is 5.69. The van der Waals surface area contributed by atoms with Gasteiger partial charge in [-0.3, -0.25) is 4.98 Å². The van der Waals surface area contributed by atoms with Crippen molar-refractivity contribution in [2.24, 2.45) is 0 Å². The van der Waals surface area contributed by atoms with Crippen LogP contribution in [0.4, 0.5) is 0 Å². The van der Waals surface area contributed by atoms with Gasteiger partial charge in [0.2, 0.25) is 0 Å². The largest absolute Gasteiger partial charge is 0.282 e. The molecule has 0 aliphatic carbocycles. The number of rotatable bonds is 1. The Morgan fingerprint density at radius 3 is 2.04 bits per heavy atom. The van der Waals surface area contributed by atoms with Crippen molar-refractivity contribution < 1.29 is 20.1 Å². The van der Waals surface area contributed by atoms with Crippen LogP contribution in [0.15, 0.2) is 42.5 Å². The van der Waals surface area contributed by atoms with Crippen molar-refractivity contribution in [1.29, 1.82) is 0 Å². The SMILES string of the molecule is CC(C)(C)c1c[c-]c(-c2nc(C(C)(C)C)nc3ccccc23)cc1.[Ir].